The molecule has 1 aromatic carbocycles. The van der Waals surface area contributed by atoms with Crippen LogP contribution in [0.2, 0.25) is 0 Å². The molecule has 104 valence electrons. The van der Waals surface area contributed by atoms with Crippen LogP contribution in [0.3, 0.4) is 0 Å². The number of hydrogen-bond donors (Lipinski definition) is 0. The van der Waals surface area contributed by atoms with Crippen LogP contribution in [0.1, 0.15) is 11.5 Å². The van der Waals surface area contributed by atoms with Crippen molar-refractivity contribution >= 4 is 23.1 Å². The first-order chi connectivity index (χ1) is 9.45. The Bertz CT molecular complexity index is 639. The highest BCUT2D eigenvalue weighted by molar-refractivity contribution is 7.98. The summed E-state index contributed by atoms with van der Waals surface area (Å²) in [7, 11) is 0. The van der Waals surface area contributed by atoms with Gasteiger partial charge in [0.1, 0.15) is 0 Å². The fourth-order valence-electron chi connectivity index (χ4n) is 1.43. The number of nitrogens with zero attached hydrogens (tertiary/aromatic N) is 4. The summed E-state index contributed by atoms with van der Waals surface area (Å²) in [6, 6.07) is 3.48. The smallest absolute Gasteiger partial charge is 0.276 e. The minimum Gasteiger partial charge on any atom is -0.416 e. The maximum Gasteiger partial charge on any atom is 0.276 e. The Labute approximate surface area is 116 Å². The number of benzene rings is 1. The van der Waals surface area contributed by atoms with Crippen molar-refractivity contribution in [2.24, 2.45) is 0 Å². The second-order valence-corrected chi connectivity index (χ2v) is 4.67. The molecule has 0 N–H and O–H groups in total. The Balaban J connectivity index is 2.21. The molecular formula is C10H8N4O5S. The first-order valence-corrected chi connectivity index (χ1v) is 6.30. The fraction of sp³-hybridized carbons (Fsp3) is 0.200. The molecule has 0 unspecified atom stereocenters. The number of aryl methyl sites for hydroxylation is 1. The van der Waals surface area contributed by atoms with Crippen LogP contribution in [-0.4, -0.2) is 20.0 Å². The van der Waals surface area contributed by atoms with Gasteiger partial charge >= 0.3 is 0 Å². The van der Waals surface area contributed by atoms with Crippen LogP contribution in [0.15, 0.2) is 27.8 Å². The predicted molar refractivity (Wildman–Crippen MR) is 68.3 cm³/mol. The van der Waals surface area contributed by atoms with E-state index in [4.69, 9.17) is 4.42 Å². The molecule has 20 heavy (non-hydrogen) atoms. The monoisotopic (exact) mass is 296 g/mol. The van der Waals surface area contributed by atoms with Gasteiger partial charge in [-0.3, -0.25) is 20.2 Å². The van der Waals surface area contributed by atoms with Crippen molar-refractivity contribution < 1.29 is 14.3 Å². The van der Waals surface area contributed by atoms with E-state index in [0.29, 0.717) is 16.7 Å². The summed E-state index contributed by atoms with van der Waals surface area (Å²) in [5.41, 5.74) is -0.209. The molecule has 2 rings (SSSR count). The first-order valence-electron chi connectivity index (χ1n) is 5.31. The van der Waals surface area contributed by atoms with Crippen LogP contribution < -0.4 is 0 Å². The highest BCUT2D eigenvalue weighted by Gasteiger charge is 2.17. The summed E-state index contributed by atoms with van der Waals surface area (Å²) in [6.45, 7) is 1.63. The Morgan fingerprint density at radius 2 is 1.75 bits per heavy atom. The van der Waals surface area contributed by atoms with E-state index in [1.165, 1.54) is 12.1 Å². The molecule has 0 aliphatic carbocycles. The van der Waals surface area contributed by atoms with Gasteiger partial charge in [0.2, 0.25) is 5.89 Å². The highest BCUT2D eigenvalue weighted by atomic mass is 32.2. The number of non-ortho nitro benzene ring substituents is 2. The second-order valence-electron chi connectivity index (χ2n) is 3.75. The minimum absolute atomic E-state index is 0.254. The Hall–Kier alpha value is -2.49. The molecule has 0 bridgehead atoms. The van der Waals surface area contributed by atoms with Gasteiger partial charge in [-0.05, 0) is 5.56 Å². The third-order valence-corrected chi connectivity index (χ3v) is 3.14. The van der Waals surface area contributed by atoms with Crippen LogP contribution in [-0.2, 0) is 5.75 Å². The molecule has 1 aromatic heterocycles. The number of nitro benzene ring substituents is 2. The van der Waals surface area contributed by atoms with Crippen molar-refractivity contribution in [2.45, 2.75) is 17.9 Å². The van der Waals surface area contributed by atoms with E-state index in [1.807, 2.05) is 0 Å². The Kier molecular flexibility index (Phi) is 3.94. The maximum absolute atomic E-state index is 10.7. The lowest BCUT2D eigenvalue weighted by Crippen LogP contribution is -1.95. The molecule has 0 amide bonds. The van der Waals surface area contributed by atoms with Gasteiger partial charge in [-0.25, -0.2) is 0 Å². The minimum atomic E-state index is -0.669. The van der Waals surface area contributed by atoms with E-state index >= 15 is 0 Å². The van der Waals surface area contributed by atoms with Crippen molar-refractivity contribution in [1.82, 2.24) is 10.2 Å². The molecule has 0 atom stereocenters. The van der Waals surface area contributed by atoms with Crippen LogP contribution in [0.5, 0.6) is 0 Å². The van der Waals surface area contributed by atoms with Crippen molar-refractivity contribution in [2.75, 3.05) is 0 Å². The van der Waals surface area contributed by atoms with Gasteiger partial charge in [-0.1, -0.05) is 11.8 Å². The largest absolute Gasteiger partial charge is 0.416 e. The lowest BCUT2D eigenvalue weighted by atomic mass is 10.2. The summed E-state index contributed by atoms with van der Waals surface area (Å²) < 4.78 is 5.13. The number of aromatic nitrogens is 2. The summed E-state index contributed by atoms with van der Waals surface area (Å²) in [5, 5.41) is 29.2. The topological polar surface area (TPSA) is 125 Å². The van der Waals surface area contributed by atoms with Crippen molar-refractivity contribution in [3.05, 3.63) is 49.9 Å². The van der Waals surface area contributed by atoms with E-state index in [2.05, 4.69) is 10.2 Å². The second kappa shape index (κ2) is 5.65. The van der Waals surface area contributed by atoms with Crippen LogP contribution >= 0.6 is 11.8 Å². The molecule has 0 saturated carbocycles. The first kappa shape index (κ1) is 13.9. The van der Waals surface area contributed by atoms with Gasteiger partial charge in [0, 0.05) is 24.8 Å². The quantitative estimate of drug-likeness (QED) is 0.468. The molecule has 0 aliphatic heterocycles. The van der Waals surface area contributed by atoms with Gasteiger partial charge < -0.3 is 4.42 Å². The normalized spacial score (nSPS) is 10.4. The highest BCUT2D eigenvalue weighted by Crippen LogP contribution is 2.27. The van der Waals surface area contributed by atoms with E-state index < -0.39 is 9.85 Å². The van der Waals surface area contributed by atoms with Crippen LogP contribution in [0, 0.1) is 27.2 Å². The molecule has 9 nitrogen and oxygen atoms in total. The van der Waals surface area contributed by atoms with Gasteiger partial charge in [-0.15, -0.1) is 10.2 Å². The van der Waals surface area contributed by atoms with E-state index in [1.54, 1.807) is 6.92 Å². The number of nitro groups is 2. The van der Waals surface area contributed by atoms with Crippen LogP contribution in [0.4, 0.5) is 11.4 Å². The van der Waals surface area contributed by atoms with Crippen molar-refractivity contribution in [1.29, 1.82) is 0 Å². The molecule has 1 heterocycles. The molecule has 0 fully saturated rings. The molecule has 10 heteroatoms. The van der Waals surface area contributed by atoms with E-state index in [-0.39, 0.29) is 17.1 Å². The van der Waals surface area contributed by atoms with Gasteiger partial charge in [0.05, 0.1) is 15.9 Å². The third-order valence-electron chi connectivity index (χ3n) is 2.25. The molecule has 0 aliphatic rings. The van der Waals surface area contributed by atoms with Crippen LogP contribution in [0.25, 0.3) is 0 Å². The summed E-state index contributed by atoms with van der Waals surface area (Å²) in [6.07, 6.45) is 0. The fourth-order valence-corrected chi connectivity index (χ4v) is 2.17. The molecule has 2 aromatic rings. The van der Waals surface area contributed by atoms with Crippen molar-refractivity contribution in [3.8, 4) is 0 Å². The molecular weight excluding hydrogens is 288 g/mol. The predicted octanol–water partition coefficient (Wildman–Crippen LogP) is 2.49. The zero-order valence-corrected chi connectivity index (χ0v) is 11.0. The summed E-state index contributed by atoms with van der Waals surface area (Å²) in [4.78, 5) is 20.1. The number of hydrogen-bond acceptors (Lipinski definition) is 8. The standard InChI is InChI=1S/C10H8N4O5S/c1-6-11-12-10(19-6)20-5-7-2-8(13(15)16)4-9(3-7)14(17)18/h2-4H,5H2,1H3. The maximum atomic E-state index is 10.7. The molecule has 0 saturated heterocycles. The average Bonchev–Trinajstić information content (AvgIpc) is 2.81. The zero-order valence-electron chi connectivity index (χ0n) is 10.2. The molecule has 0 spiro atoms. The SMILES string of the molecule is Cc1nnc(SCc2cc([N+](=O)[O-])cc([N+](=O)[O-])c2)o1. The average molecular weight is 296 g/mol. The van der Waals surface area contributed by atoms with Gasteiger partial charge in [0.25, 0.3) is 16.6 Å². The number of rotatable bonds is 5. The van der Waals surface area contributed by atoms with E-state index in [0.717, 1.165) is 17.8 Å². The Morgan fingerprint density at radius 1 is 1.15 bits per heavy atom. The van der Waals surface area contributed by atoms with Gasteiger partial charge in [-0.2, -0.15) is 0 Å². The van der Waals surface area contributed by atoms with Crippen molar-refractivity contribution in [3.63, 3.8) is 0 Å². The summed E-state index contributed by atoms with van der Waals surface area (Å²) in [5.74, 6) is 0.655. The van der Waals surface area contributed by atoms with E-state index in [9.17, 15) is 20.2 Å². The zero-order chi connectivity index (χ0) is 14.7. The van der Waals surface area contributed by atoms with Gasteiger partial charge in [0.15, 0.2) is 0 Å². The Morgan fingerprint density at radius 3 is 2.20 bits per heavy atom. The number of thioether (sulfide) groups is 1. The molecule has 0 radical (unpaired) electrons. The lowest BCUT2D eigenvalue weighted by Gasteiger charge is -1.99. The third kappa shape index (κ3) is 3.29. The lowest BCUT2D eigenvalue weighted by molar-refractivity contribution is -0.394. The summed E-state index contributed by atoms with van der Waals surface area (Å²) >= 11 is 1.15.